The molecule has 6 heteroatoms. The van der Waals surface area contributed by atoms with Crippen LogP contribution in [-0.4, -0.2) is 15.0 Å². The molecular formula is C28H25N5O. The van der Waals surface area contributed by atoms with Crippen LogP contribution in [-0.2, 0) is 13.1 Å². The molecule has 0 aliphatic heterocycles. The first kappa shape index (κ1) is 21.5. The summed E-state index contributed by atoms with van der Waals surface area (Å²) in [5, 5.41) is 8.96. The maximum atomic E-state index is 13.5. The fourth-order valence-corrected chi connectivity index (χ4v) is 4.00. The molecule has 168 valence electrons. The number of pyridine rings is 3. The number of anilines is 2. The second-order valence-electron chi connectivity index (χ2n) is 8.43. The number of nitrogens with one attached hydrogen (secondary N) is 2. The lowest BCUT2D eigenvalue weighted by Crippen LogP contribution is -2.05. The summed E-state index contributed by atoms with van der Waals surface area (Å²) < 4.78 is 0. The van der Waals surface area contributed by atoms with E-state index in [1.54, 1.807) is 18.6 Å². The fraction of sp³-hybridized carbons (Fsp3) is 0.143. The Kier molecular flexibility index (Phi) is 5.87. The summed E-state index contributed by atoms with van der Waals surface area (Å²) in [4.78, 5) is 26.4. The van der Waals surface area contributed by atoms with Gasteiger partial charge in [-0.25, -0.2) is 0 Å². The van der Waals surface area contributed by atoms with Crippen molar-refractivity contribution in [3.63, 3.8) is 0 Å². The van der Waals surface area contributed by atoms with Crippen LogP contribution in [0, 0.1) is 13.8 Å². The van der Waals surface area contributed by atoms with Gasteiger partial charge < -0.3 is 10.6 Å². The summed E-state index contributed by atoms with van der Waals surface area (Å²) in [6, 6.07) is 15.6. The molecule has 6 nitrogen and oxygen atoms in total. The summed E-state index contributed by atoms with van der Waals surface area (Å²) in [7, 11) is 0. The molecule has 0 spiro atoms. The molecule has 2 N–H and O–H groups in total. The number of hydrogen-bond donors (Lipinski definition) is 2. The van der Waals surface area contributed by atoms with Crippen molar-refractivity contribution in [2.45, 2.75) is 26.9 Å². The van der Waals surface area contributed by atoms with Crippen LogP contribution in [0.5, 0.6) is 0 Å². The van der Waals surface area contributed by atoms with Gasteiger partial charge in [-0.05, 0) is 77.9 Å². The standard InChI is InChI=1S/C28H25N5O/c1-18-13-29-9-7-21(18)15-31-23-5-3-20-4-6-27-26(28(34)25(20)11-23)12-24(17-33-27)32-16-22-8-10-30-14-19(22)2/h3-14,17,31-32H,15-16H2,1-2H3. The molecule has 0 unspecified atom stereocenters. The zero-order valence-corrected chi connectivity index (χ0v) is 19.2. The molecule has 34 heavy (non-hydrogen) atoms. The Bertz CT molecular complexity index is 1450. The van der Waals surface area contributed by atoms with Crippen LogP contribution in [0.3, 0.4) is 0 Å². The van der Waals surface area contributed by atoms with Crippen LogP contribution in [0.1, 0.15) is 22.3 Å². The van der Waals surface area contributed by atoms with Crippen molar-refractivity contribution in [2.24, 2.45) is 0 Å². The van der Waals surface area contributed by atoms with Gasteiger partial charge in [-0.2, -0.15) is 0 Å². The highest BCUT2D eigenvalue weighted by Gasteiger charge is 2.07. The quantitative estimate of drug-likeness (QED) is 0.364. The summed E-state index contributed by atoms with van der Waals surface area (Å²) in [6.45, 7) is 5.38. The molecule has 5 aromatic rings. The van der Waals surface area contributed by atoms with E-state index in [1.807, 2.05) is 74.8 Å². The molecule has 0 atom stereocenters. The smallest absolute Gasteiger partial charge is 0.195 e. The minimum atomic E-state index is -0.0324. The Morgan fingerprint density at radius 3 is 2.00 bits per heavy atom. The van der Waals surface area contributed by atoms with E-state index in [1.165, 1.54) is 5.56 Å². The van der Waals surface area contributed by atoms with E-state index < -0.39 is 0 Å². The van der Waals surface area contributed by atoms with Crippen molar-refractivity contribution in [1.82, 2.24) is 15.0 Å². The lowest BCUT2D eigenvalue weighted by atomic mass is 10.1. The van der Waals surface area contributed by atoms with Gasteiger partial charge in [0.2, 0.25) is 0 Å². The molecule has 0 bridgehead atoms. The largest absolute Gasteiger partial charge is 0.381 e. The van der Waals surface area contributed by atoms with Gasteiger partial charge in [0.15, 0.2) is 5.43 Å². The first-order chi connectivity index (χ1) is 16.6. The van der Waals surface area contributed by atoms with Crippen LogP contribution >= 0.6 is 0 Å². The third-order valence-corrected chi connectivity index (χ3v) is 6.12. The van der Waals surface area contributed by atoms with E-state index in [0.717, 1.165) is 33.5 Å². The van der Waals surface area contributed by atoms with Crippen molar-refractivity contribution in [1.29, 1.82) is 0 Å². The van der Waals surface area contributed by atoms with Crippen molar-refractivity contribution in [2.75, 3.05) is 10.6 Å². The molecule has 0 radical (unpaired) electrons. The fourth-order valence-electron chi connectivity index (χ4n) is 4.00. The molecule has 5 rings (SSSR count). The number of fused-ring (bicyclic) bond motifs is 2. The molecule has 3 heterocycles. The summed E-state index contributed by atoms with van der Waals surface area (Å²) in [6.07, 6.45) is 9.05. The molecule has 0 fully saturated rings. The highest BCUT2D eigenvalue weighted by Crippen LogP contribution is 2.21. The van der Waals surface area contributed by atoms with Gasteiger partial charge in [0.1, 0.15) is 0 Å². The van der Waals surface area contributed by atoms with Crippen LogP contribution < -0.4 is 16.1 Å². The monoisotopic (exact) mass is 447 g/mol. The van der Waals surface area contributed by atoms with E-state index in [-0.39, 0.29) is 5.43 Å². The third kappa shape index (κ3) is 4.43. The normalized spacial score (nSPS) is 11.0. The van der Waals surface area contributed by atoms with Gasteiger partial charge >= 0.3 is 0 Å². The maximum Gasteiger partial charge on any atom is 0.195 e. The zero-order chi connectivity index (χ0) is 23.5. The predicted molar refractivity (Wildman–Crippen MR) is 138 cm³/mol. The lowest BCUT2D eigenvalue weighted by molar-refractivity contribution is 1.09. The van der Waals surface area contributed by atoms with Crippen LogP contribution in [0.4, 0.5) is 11.4 Å². The molecule has 0 saturated carbocycles. The van der Waals surface area contributed by atoms with Gasteiger partial charge in [-0.15, -0.1) is 0 Å². The summed E-state index contributed by atoms with van der Waals surface area (Å²) in [5.74, 6) is 0. The Morgan fingerprint density at radius 2 is 1.32 bits per heavy atom. The molecule has 2 aromatic carbocycles. The van der Waals surface area contributed by atoms with Crippen molar-refractivity contribution in [3.05, 3.63) is 112 Å². The third-order valence-electron chi connectivity index (χ3n) is 6.12. The van der Waals surface area contributed by atoms with E-state index in [4.69, 9.17) is 0 Å². The lowest BCUT2D eigenvalue weighted by Gasteiger charge is -2.09. The van der Waals surface area contributed by atoms with Crippen LogP contribution in [0.2, 0.25) is 0 Å². The molecule has 0 saturated heterocycles. The number of aromatic nitrogens is 3. The summed E-state index contributed by atoms with van der Waals surface area (Å²) in [5.41, 5.74) is 6.92. The zero-order valence-electron chi connectivity index (χ0n) is 19.2. The average molecular weight is 448 g/mol. The molecule has 0 amide bonds. The number of rotatable bonds is 6. The first-order valence-electron chi connectivity index (χ1n) is 11.2. The molecule has 0 aliphatic rings. The number of aryl methyl sites for hydroxylation is 2. The van der Waals surface area contributed by atoms with Crippen LogP contribution in [0.15, 0.2) is 84.3 Å². The van der Waals surface area contributed by atoms with Gasteiger partial charge in [0, 0.05) is 49.0 Å². The van der Waals surface area contributed by atoms with Gasteiger partial charge in [0.05, 0.1) is 22.8 Å². The number of benzene rings is 1. The minimum Gasteiger partial charge on any atom is -0.381 e. The topological polar surface area (TPSA) is 79.8 Å². The summed E-state index contributed by atoms with van der Waals surface area (Å²) >= 11 is 0. The Morgan fingerprint density at radius 1 is 0.706 bits per heavy atom. The number of nitrogens with zero attached hydrogens (tertiary/aromatic N) is 3. The van der Waals surface area contributed by atoms with E-state index in [0.29, 0.717) is 29.4 Å². The van der Waals surface area contributed by atoms with E-state index in [2.05, 4.69) is 25.6 Å². The second kappa shape index (κ2) is 9.27. The average Bonchev–Trinajstić information content (AvgIpc) is 2.99. The van der Waals surface area contributed by atoms with Crippen LogP contribution in [0.25, 0.3) is 21.7 Å². The van der Waals surface area contributed by atoms with E-state index >= 15 is 0 Å². The first-order valence-corrected chi connectivity index (χ1v) is 11.2. The van der Waals surface area contributed by atoms with Crippen molar-refractivity contribution in [3.8, 4) is 0 Å². The Hall–Kier alpha value is -4.32. The van der Waals surface area contributed by atoms with Gasteiger partial charge in [0.25, 0.3) is 0 Å². The second-order valence-corrected chi connectivity index (χ2v) is 8.43. The SMILES string of the molecule is Cc1cnccc1CNc1ccc2ccc3ncc(NCc4ccncc4C)cc3c(=O)c2c1. The molecular weight excluding hydrogens is 422 g/mol. The van der Waals surface area contributed by atoms with Crippen molar-refractivity contribution >= 4 is 33.1 Å². The molecule has 0 aliphatic carbocycles. The predicted octanol–water partition coefficient (Wildman–Crippen LogP) is 5.38. The highest BCUT2D eigenvalue weighted by atomic mass is 16.1. The van der Waals surface area contributed by atoms with E-state index in [9.17, 15) is 4.79 Å². The van der Waals surface area contributed by atoms with Crippen molar-refractivity contribution < 1.29 is 0 Å². The highest BCUT2D eigenvalue weighted by molar-refractivity contribution is 5.94. The maximum absolute atomic E-state index is 13.5. The Labute approximate surface area is 197 Å². The Balaban J connectivity index is 1.47. The van der Waals surface area contributed by atoms with Gasteiger partial charge in [-0.3, -0.25) is 19.7 Å². The molecule has 3 aromatic heterocycles. The minimum absolute atomic E-state index is 0.0324. The number of hydrogen-bond acceptors (Lipinski definition) is 6. The van der Waals surface area contributed by atoms with Gasteiger partial charge in [-0.1, -0.05) is 12.1 Å².